The fraction of sp³-hybridized carbons (Fsp3) is 0.238. The monoisotopic (exact) mass is 320 g/mol. The molecule has 1 fully saturated rings. The zero-order valence-corrected chi connectivity index (χ0v) is 13.3. The minimum atomic E-state index is -0.607. The van der Waals surface area contributed by atoms with Crippen molar-refractivity contribution < 1.29 is 14.9 Å². The van der Waals surface area contributed by atoms with Crippen LogP contribution in [-0.2, 0) is 4.74 Å². The van der Waals surface area contributed by atoms with Crippen LogP contribution in [0.25, 0.3) is 21.9 Å². The van der Waals surface area contributed by atoms with E-state index in [0.717, 1.165) is 16.7 Å². The molecule has 3 heteroatoms. The van der Waals surface area contributed by atoms with Gasteiger partial charge in [-0.15, -0.1) is 0 Å². The molecule has 0 bridgehead atoms. The molecule has 24 heavy (non-hydrogen) atoms. The van der Waals surface area contributed by atoms with Gasteiger partial charge in [0.15, 0.2) is 0 Å². The van der Waals surface area contributed by atoms with Gasteiger partial charge in [-0.25, -0.2) is 0 Å². The average Bonchev–Trinajstić information content (AvgIpc) is 3.02. The first kappa shape index (κ1) is 15.3. The van der Waals surface area contributed by atoms with E-state index in [4.69, 9.17) is 4.74 Å². The second-order valence-electron chi connectivity index (χ2n) is 6.34. The van der Waals surface area contributed by atoms with Crippen LogP contribution >= 0.6 is 0 Å². The summed E-state index contributed by atoms with van der Waals surface area (Å²) in [4.78, 5) is 0. The SMILES string of the molecule is OC[C@H]1O[C@@H](c2cccc(-c3ccc4ccccc4c3)c2)C[C@@H]1O. The Balaban J connectivity index is 1.67. The van der Waals surface area contributed by atoms with Gasteiger partial charge < -0.3 is 14.9 Å². The molecule has 1 heterocycles. The topological polar surface area (TPSA) is 49.7 Å². The van der Waals surface area contributed by atoms with Gasteiger partial charge in [0.05, 0.1) is 18.8 Å². The first-order valence-corrected chi connectivity index (χ1v) is 8.28. The highest BCUT2D eigenvalue weighted by Crippen LogP contribution is 2.35. The van der Waals surface area contributed by atoms with Gasteiger partial charge in [-0.05, 0) is 39.6 Å². The summed E-state index contributed by atoms with van der Waals surface area (Å²) in [5.41, 5.74) is 3.33. The Kier molecular flexibility index (Phi) is 4.07. The van der Waals surface area contributed by atoms with Gasteiger partial charge in [0.1, 0.15) is 6.10 Å². The summed E-state index contributed by atoms with van der Waals surface area (Å²) in [7, 11) is 0. The second kappa shape index (κ2) is 6.36. The minimum absolute atomic E-state index is 0.151. The maximum Gasteiger partial charge on any atom is 0.107 e. The van der Waals surface area contributed by atoms with E-state index >= 15 is 0 Å². The summed E-state index contributed by atoms with van der Waals surface area (Å²) in [6.07, 6.45) is -0.743. The maximum atomic E-state index is 9.94. The molecule has 1 saturated heterocycles. The lowest BCUT2D eigenvalue weighted by Crippen LogP contribution is -2.24. The van der Waals surface area contributed by atoms with Crippen LogP contribution < -0.4 is 0 Å². The number of benzene rings is 3. The van der Waals surface area contributed by atoms with Gasteiger partial charge in [-0.3, -0.25) is 0 Å². The van der Waals surface area contributed by atoms with E-state index in [1.165, 1.54) is 10.8 Å². The normalized spacial score (nSPS) is 23.7. The molecule has 0 radical (unpaired) electrons. The molecule has 4 rings (SSSR count). The van der Waals surface area contributed by atoms with Crippen LogP contribution in [0.5, 0.6) is 0 Å². The highest BCUT2D eigenvalue weighted by atomic mass is 16.5. The molecular formula is C21H20O3. The standard InChI is InChI=1S/C21H20O3/c22-13-21-19(23)12-20(24-21)18-7-3-6-16(11-18)17-9-8-14-4-1-2-5-15(14)10-17/h1-11,19-23H,12-13H2/t19-,20+,21+/m0/s1. The van der Waals surface area contributed by atoms with Crippen LogP contribution in [-0.4, -0.2) is 29.0 Å². The van der Waals surface area contributed by atoms with Crippen molar-refractivity contribution in [2.45, 2.75) is 24.7 Å². The van der Waals surface area contributed by atoms with Gasteiger partial charge in [-0.1, -0.05) is 54.6 Å². The lowest BCUT2D eigenvalue weighted by Gasteiger charge is -2.13. The quantitative estimate of drug-likeness (QED) is 0.774. The minimum Gasteiger partial charge on any atom is -0.394 e. The average molecular weight is 320 g/mol. The summed E-state index contributed by atoms with van der Waals surface area (Å²) >= 11 is 0. The van der Waals surface area contributed by atoms with Gasteiger partial charge in [-0.2, -0.15) is 0 Å². The van der Waals surface area contributed by atoms with Crippen molar-refractivity contribution in [3.8, 4) is 11.1 Å². The predicted octanol–water partition coefficient (Wildman–Crippen LogP) is 3.69. The molecule has 0 unspecified atom stereocenters. The van der Waals surface area contributed by atoms with E-state index in [9.17, 15) is 10.2 Å². The molecule has 0 aliphatic carbocycles. The van der Waals surface area contributed by atoms with E-state index in [2.05, 4.69) is 42.5 Å². The number of hydrogen-bond acceptors (Lipinski definition) is 3. The molecule has 1 aliphatic rings. The fourth-order valence-corrected chi connectivity index (χ4v) is 3.40. The van der Waals surface area contributed by atoms with Crippen LogP contribution in [0, 0.1) is 0 Å². The van der Waals surface area contributed by atoms with Gasteiger partial charge in [0.2, 0.25) is 0 Å². The van der Waals surface area contributed by atoms with E-state index in [1.54, 1.807) is 0 Å². The van der Waals surface area contributed by atoms with Crippen LogP contribution in [0.3, 0.4) is 0 Å². The third kappa shape index (κ3) is 2.82. The van der Waals surface area contributed by atoms with Crippen LogP contribution in [0.2, 0.25) is 0 Å². The predicted molar refractivity (Wildman–Crippen MR) is 94.7 cm³/mol. The van der Waals surface area contributed by atoms with Crippen molar-refractivity contribution in [2.75, 3.05) is 6.61 Å². The number of aliphatic hydroxyl groups excluding tert-OH is 2. The second-order valence-corrected chi connectivity index (χ2v) is 6.34. The smallest absolute Gasteiger partial charge is 0.107 e. The summed E-state index contributed by atoms with van der Waals surface area (Å²) in [6, 6.07) is 23.0. The van der Waals surface area contributed by atoms with Crippen molar-refractivity contribution in [3.05, 3.63) is 72.3 Å². The molecule has 3 nitrogen and oxygen atoms in total. The largest absolute Gasteiger partial charge is 0.394 e. The van der Waals surface area contributed by atoms with Gasteiger partial charge in [0.25, 0.3) is 0 Å². The maximum absolute atomic E-state index is 9.94. The summed E-state index contributed by atoms with van der Waals surface area (Å²) in [5, 5.41) is 21.6. The molecular weight excluding hydrogens is 300 g/mol. The summed E-state index contributed by atoms with van der Waals surface area (Å²) in [6.45, 7) is -0.151. The molecule has 122 valence electrons. The van der Waals surface area contributed by atoms with E-state index in [0.29, 0.717) is 6.42 Å². The first-order chi connectivity index (χ1) is 11.7. The fourth-order valence-electron chi connectivity index (χ4n) is 3.40. The third-order valence-corrected chi connectivity index (χ3v) is 4.74. The molecule has 1 aliphatic heterocycles. The van der Waals surface area contributed by atoms with Crippen molar-refractivity contribution in [1.82, 2.24) is 0 Å². The summed E-state index contributed by atoms with van der Waals surface area (Å²) < 4.78 is 5.77. The molecule has 3 atom stereocenters. The Hall–Kier alpha value is -2.20. The lowest BCUT2D eigenvalue weighted by molar-refractivity contribution is -0.0225. The highest BCUT2D eigenvalue weighted by molar-refractivity contribution is 5.87. The number of ether oxygens (including phenoxy) is 1. The number of rotatable bonds is 3. The Morgan fingerprint density at radius 2 is 1.67 bits per heavy atom. The lowest BCUT2D eigenvalue weighted by atomic mass is 9.97. The highest BCUT2D eigenvalue weighted by Gasteiger charge is 2.34. The summed E-state index contributed by atoms with van der Waals surface area (Å²) in [5.74, 6) is 0. The van der Waals surface area contributed by atoms with Crippen molar-refractivity contribution >= 4 is 10.8 Å². The molecule has 0 spiro atoms. The third-order valence-electron chi connectivity index (χ3n) is 4.74. The molecule has 2 N–H and O–H groups in total. The number of hydrogen-bond donors (Lipinski definition) is 2. The van der Waals surface area contributed by atoms with Gasteiger partial charge >= 0.3 is 0 Å². The molecule has 0 saturated carbocycles. The van der Waals surface area contributed by atoms with E-state index in [1.807, 2.05) is 24.3 Å². The molecule has 0 aromatic heterocycles. The zero-order chi connectivity index (χ0) is 16.5. The number of fused-ring (bicyclic) bond motifs is 1. The molecule has 3 aromatic carbocycles. The van der Waals surface area contributed by atoms with Crippen molar-refractivity contribution in [2.24, 2.45) is 0 Å². The van der Waals surface area contributed by atoms with Crippen LogP contribution in [0.1, 0.15) is 18.1 Å². The van der Waals surface area contributed by atoms with Crippen LogP contribution in [0.4, 0.5) is 0 Å². The van der Waals surface area contributed by atoms with E-state index in [-0.39, 0.29) is 12.7 Å². The zero-order valence-electron chi connectivity index (χ0n) is 13.3. The number of aliphatic hydroxyl groups is 2. The van der Waals surface area contributed by atoms with Crippen molar-refractivity contribution in [1.29, 1.82) is 0 Å². The molecule has 3 aromatic rings. The first-order valence-electron chi connectivity index (χ1n) is 8.28. The van der Waals surface area contributed by atoms with Gasteiger partial charge in [0, 0.05) is 6.42 Å². The Morgan fingerprint density at radius 3 is 2.46 bits per heavy atom. The van der Waals surface area contributed by atoms with E-state index < -0.39 is 12.2 Å². The Morgan fingerprint density at radius 1 is 0.875 bits per heavy atom. The Labute approximate surface area is 141 Å². The molecule has 0 amide bonds. The Bertz CT molecular complexity index is 858. The van der Waals surface area contributed by atoms with Crippen LogP contribution in [0.15, 0.2) is 66.7 Å². The van der Waals surface area contributed by atoms with Crippen molar-refractivity contribution in [3.63, 3.8) is 0 Å².